The molecule has 0 amide bonds. The molecule has 0 atom stereocenters. The Balaban J connectivity index is 3.15. The fourth-order valence-corrected chi connectivity index (χ4v) is 2.69. The van der Waals surface area contributed by atoms with Crippen molar-refractivity contribution >= 4 is 21.4 Å². The van der Waals surface area contributed by atoms with E-state index in [4.69, 9.17) is 11.0 Å². The number of hydrogen-bond donors (Lipinski definition) is 1. The van der Waals surface area contributed by atoms with Crippen molar-refractivity contribution < 1.29 is 8.42 Å². The molecule has 1 aromatic carbocycles. The Kier molecular flexibility index (Phi) is 4.35. The average molecular weight is 253 g/mol. The first-order chi connectivity index (χ1) is 8.01. The summed E-state index contributed by atoms with van der Waals surface area (Å²) in [5.74, 6) is -0.526. The molecule has 0 bridgehead atoms. The first-order valence-electron chi connectivity index (χ1n) is 5.24. The molecule has 5 nitrogen and oxygen atoms in total. The van der Waals surface area contributed by atoms with Crippen LogP contribution in [0.2, 0.25) is 0 Å². The van der Waals surface area contributed by atoms with Crippen molar-refractivity contribution in [2.75, 3.05) is 22.3 Å². The van der Waals surface area contributed by atoms with Gasteiger partial charge in [-0.3, -0.25) is 4.31 Å². The minimum Gasteiger partial charge on any atom is -0.399 e. The average Bonchev–Trinajstić information content (AvgIpc) is 2.25. The van der Waals surface area contributed by atoms with Crippen molar-refractivity contribution in [1.82, 2.24) is 0 Å². The lowest BCUT2D eigenvalue weighted by molar-refractivity contribution is 0.593. The van der Waals surface area contributed by atoms with Crippen molar-refractivity contribution in [3.05, 3.63) is 24.3 Å². The minimum atomic E-state index is -3.59. The normalized spacial score (nSPS) is 10.8. The van der Waals surface area contributed by atoms with Gasteiger partial charge in [-0.05, 0) is 24.6 Å². The summed E-state index contributed by atoms with van der Waals surface area (Å²) in [4.78, 5) is 0. The molecule has 0 saturated carbocycles. The van der Waals surface area contributed by atoms with E-state index in [1.807, 2.05) is 6.92 Å². The molecule has 0 saturated heterocycles. The lowest BCUT2D eigenvalue weighted by Crippen LogP contribution is -2.33. The number of sulfonamides is 1. The van der Waals surface area contributed by atoms with Crippen LogP contribution in [0.4, 0.5) is 11.4 Å². The van der Waals surface area contributed by atoms with E-state index in [0.29, 0.717) is 24.3 Å². The summed E-state index contributed by atoms with van der Waals surface area (Å²) in [5.41, 5.74) is 6.62. The molecule has 0 aromatic heterocycles. The van der Waals surface area contributed by atoms with E-state index in [0.717, 1.165) is 0 Å². The van der Waals surface area contributed by atoms with Crippen molar-refractivity contribution in [3.63, 3.8) is 0 Å². The van der Waals surface area contributed by atoms with E-state index >= 15 is 0 Å². The van der Waals surface area contributed by atoms with Crippen molar-refractivity contribution in [1.29, 1.82) is 5.26 Å². The highest BCUT2D eigenvalue weighted by molar-refractivity contribution is 7.93. The Bertz CT molecular complexity index is 520. The van der Waals surface area contributed by atoms with Gasteiger partial charge in [0.2, 0.25) is 10.0 Å². The molecule has 92 valence electrons. The Hall–Kier alpha value is -1.74. The van der Waals surface area contributed by atoms with Crippen molar-refractivity contribution in [2.45, 2.75) is 13.3 Å². The zero-order valence-electron chi connectivity index (χ0n) is 9.63. The van der Waals surface area contributed by atoms with E-state index in [2.05, 4.69) is 0 Å². The predicted octanol–water partition coefficient (Wildman–Crippen LogP) is 1.34. The van der Waals surface area contributed by atoms with Gasteiger partial charge >= 0.3 is 0 Å². The molecule has 6 heteroatoms. The van der Waals surface area contributed by atoms with Crippen molar-refractivity contribution in [3.8, 4) is 6.07 Å². The number of benzene rings is 1. The molecule has 0 radical (unpaired) electrons. The second-order valence-corrected chi connectivity index (χ2v) is 5.47. The van der Waals surface area contributed by atoms with Crippen LogP contribution in [0.15, 0.2) is 24.3 Å². The molecule has 1 rings (SSSR count). The highest BCUT2D eigenvalue weighted by Crippen LogP contribution is 2.21. The molecule has 0 aliphatic heterocycles. The Labute approximate surface area is 102 Å². The highest BCUT2D eigenvalue weighted by Gasteiger charge is 2.21. The molecule has 1 aromatic rings. The topological polar surface area (TPSA) is 87.2 Å². The third kappa shape index (κ3) is 3.36. The smallest absolute Gasteiger partial charge is 0.248 e. The molecular formula is C11H15N3O2S. The van der Waals surface area contributed by atoms with Gasteiger partial charge in [0.05, 0.1) is 11.8 Å². The van der Waals surface area contributed by atoms with Gasteiger partial charge in [-0.25, -0.2) is 8.42 Å². The van der Waals surface area contributed by atoms with Gasteiger partial charge in [0.25, 0.3) is 0 Å². The molecule has 0 spiro atoms. The van der Waals surface area contributed by atoms with Crippen LogP contribution in [0.3, 0.4) is 0 Å². The summed E-state index contributed by atoms with van der Waals surface area (Å²) < 4.78 is 25.0. The van der Waals surface area contributed by atoms with Crippen LogP contribution in [-0.4, -0.2) is 20.7 Å². The number of nitriles is 1. The van der Waals surface area contributed by atoms with Crippen LogP contribution in [0.1, 0.15) is 13.3 Å². The molecule has 0 fully saturated rings. The van der Waals surface area contributed by atoms with Crippen LogP contribution in [0.5, 0.6) is 0 Å². The molecule has 2 N–H and O–H groups in total. The SMILES string of the molecule is CCCN(c1cccc(N)c1)S(=O)(=O)CC#N. The summed E-state index contributed by atoms with van der Waals surface area (Å²) in [6.45, 7) is 2.22. The van der Waals surface area contributed by atoms with Crippen LogP contribution < -0.4 is 10.0 Å². The maximum atomic E-state index is 11.9. The van der Waals surface area contributed by atoms with E-state index in [1.54, 1.807) is 30.3 Å². The van der Waals surface area contributed by atoms with Crippen LogP contribution in [-0.2, 0) is 10.0 Å². The quantitative estimate of drug-likeness (QED) is 0.802. The maximum Gasteiger partial charge on any atom is 0.248 e. The lowest BCUT2D eigenvalue weighted by Gasteiger charge is -2.22. The number of nitrogens with zero attached hydrogens (tertiary/aromatic N) is 2. The Morgan fingerprint density at radius 3 is 2.71 bits per heavy atom. The van der Waals surface area contributed by atoms with Crippen LogP contribution in [0.25, 0.3) is 0 Å². The molecule has 0 unspecified atom stereocenters. The van der Waals surface area contributed by atoms with E-state index < -0.39 is 15.8 Å². The molecule has 0 aliphatic carbocycles. The predicted molar refractivity (Wildman–Crippen MR) is 67.9 cm³/mol. The number of rotatable bonds is 5. The monoisotopic (exact) mass is 253 g/mol. The largest absolute Gasteiger partial charge is 0.399 e. The van der Waals surface area contributed by atoms with Gasteiger partial charge in [-0.1, -0.05) is 13.0 Å². The first kappa shape index (κ1) is 13.3. The zero-order chi connectivity index (χ0) is 12.9. The number of nitrogens with two attached hydrogens (primary N) is 1. The lowest BCUT2D eigenvalue weighted by atomic mass is 10.3. The first-order valence-corrected chi connectivity index (χ1v) is 6.85. The second-order valence-electron chi connectivity index (χ2n) is 3.58. The Morgan fingerprint density at radius 1 is 1.47 bits per heavy atom. The number of hydrogen-bond acceptors (Lipinski definition) is 4. The zero-order valence-corrected chi connectivity index (χ0v) is 10.4. The van der Waals surface area contributed by atoms with Gasteiger partial charge < -0.3 is 5.73 Å². The van der Waals surface area contributed by atoms with Gasteiger partial charge in [-0.2, -0.15) is 5.26 Å². The molecular weight excluding hydrogens is 238 g/mol. The fraction of sp³-hybridized carbons (Fsp3) is 0.364. The molecule has 0 aliphatic rings. The van der Waals surface area contributed by atoms with Crippen LogP contribution in [0, 0.1) is 11.3 Å². The minimum absolute atomic E-state index is 0.341. The number of nitrogen functional groups attached to an aromatic ring is 1. The summed E-state index contributed by atoms with van der Waals surface area (Å²) in [6, 6.07) is 8.30. The third-order valence-electron chi connectivity index (χ3n) is 2.17. The van der Waals surface area contributed by atoms with E-state index in [-0.39, 0.29) is 0 Å². The van der Waals surface area contributed by atoms with E-state index in [9.17, 15) is 8.42 Å². The van der Waals surface area contributed by atoms with E-state index in [1.165, 1.54) is 4.31 Å². The van der Waals surface area contributed by atoms with Gasteiger partial charge in [0.15, 0.2) is 5.75 Å². The second kappa shape index (κ2) is 5.55. The maximum absolute atomic E-state index is 11.9. The summed E-state index contributed by atoms with van der Waals surface area (Å²) >= 11 is 0. The molecule has 17 heavy (non-hydrogen) atoms. The summed E-state index contributed by atoms with van der Waals surface area (Å²) in [7, 11) is -3.59. The standard InChI is InChI=1S/C11H15N3O2S/c1-2-7-14(17(15,16)8-6-12)11-5-3-4-10(13)9-11/h3-5,9H,2,7-8,13H2,1H3. The summed E-state index contributed by atoms with van der Waals surface area (Å²) in [6.07, 6.45) is 0.666. The van der Waals surface area contributed by atoms with Crippen molar-refractivity contribution in [2.24, 2.45) is 0 Å². The van der Waals surface area contributed by atoms with Crippen LogP contribution >= 0.6 is 0 Å². The molecule has 0 heterocycles. The van der Waals surface area contributed by atoms with Gasteiger partial charge in [0.1, 0.15) is 0 Å². The van der Waals surface area contributed by atoms with Gasteiger partial charge in [0, 0.05) is 12.2 Å². The Morgan fingerprint density at radius 2 is 2.18 bits per heavy atom. The fourth-order valence-electron chi connectivity index (χ4n) is 1.47. The number of anilines is 2. The highest BCUT2D eigenvalue weighted by atomic mass is 32.2. The summed E-state index contributed by atoms with van der Waals surface area (Å²) in [5, 5.41) is 8.54. The third-order valence-corrected chi connectivity index (χ3v) is 3.73. The van der Waals surface area contributed by atoms with Gasteiger partial charge in [-0.15, -0.1) is 0 Å².